The van der Waals surface area contributed by atoms with E-state index >= 15 is 0 Å². The molecule has 190 valence electrons. The van der Waals surface area contributed by atoms with Crippen LogP contribution >= 0.6 is 0 Å². The Hall–Kier alpha value is -4.36. The largest absolute Gasteiger partial charge is 0.417 e. The summed E-state index contributed by atoms with van der Waals surface area (Å²) in [5, 5.41) is 7.63. The quantitative estimate of drug-likeness (QED) is 0.252. The van der Waals surface area contributed by atoms with E-state index in [0.717, 1.165) is 18.2 Å². The molecule has 0 aliphatic carbocycles. The van der Waals surface area contributed by atoms with E-state index in [0.29, 0.717) is 12.1 Å². The minimum absolute atomic E-state index is 0.0119. The summed E-state index contributed by atoms with van der Waals surface area (Å²) in [5.74, 6) is -1.88. The van der Waals surface area contributed by atoms with Crippen LogP contribution in [0.3, 0.4) is 0 Å². The molecule has 0 spiro atoms. The van der Waals surface area contributed by atoms with E-state index in [1.54, 1.807) is 0 Å². The number of alkyl halides is 6. The summed E-state index contributed by atoms with van der Waals surface area (Å²) < 4.78 is 114. The lowest BCUT2D eigenvalue weighted by molar-refractivity contribution is -0.142. The Labute approximate surface area is 201 Å². The summed E-state index contributed by atoms with van der Waals surface area (Å²) in [6.07, 6.45) is -7.41. The molecule has 5 rings (SSSR count). The second kappa shape index (κ2) is 8.64. The van der Waals surface area contributed by atoms with E-state index in [1.807, 2.05) is 0 Å². The van der Waals surface area contributed by atoms with Gasteiger partial charge in [-0.3, -0.25) is 4.68 Å². The lowest BCUT2D eigenvalue weighted by atomic mass is 10.0. The summed E-state index contributed by atoms with van der Waals surface area (Å²) in [4.78, 5) is 8.18. The fourth-order valence-electron chi connectivity index (χ4n) is 3.62. The Kier molecular flexibility index (Phi) is 5.68. The van der Waals surface area contributed by atoms with Crippen molar-refractivity contribution in [2.45, 2.75) is 18.9 Å². The second-order valence-electron chi connectivity index (χ2n) is 7.82. The second-order valence-corrected chi connectivity index (χ2v) is 7.82. The van der Waals surface area contributed by atoms with Crippen LogP contribution in [0.2, 0.25) is 0 Å². The minimum atomic E-state index is -5.08. The zero-order chi connectivity index (χ0) is 26.5. The Bertz CT molecular complexity index is 1550. The molecule has 0 fully saturated rings. The topological polar surface area (TPSA) is 69.6 Å². The summed E-state index contributed by atoms with van der Waals surface area (Å²) in [7, 11) is 0. The third-order valence-electron chi connectivity index (χ3n) is 5.31. The molecule has 2 aliphatic heterocycles. The van der Waals surface area contributed by atoms with Crippen molar-refractivity contribution in [1.82, 2.24) is 24.9 Å². The van der Waals surface area contributed by atoms with Crippen LogP contribution in [0.15, 0.2) is 59.4 Å². The molecule has 3 aromatic rings. The van der Waals surface area contributed by atoms with Gasteiger partial charge in [-0.1, -0.05) is 17.3 Å². The molecule has 0 radical (unpaired) electrons. The van der Waals surface area contributed by atoms with E-state index in [2.05, 4.69) is 20.2 Å². The number of aromatic nitrogens is 5. The molecule has 0 atom stereocenters. The van der Waals surface area contributed by atoms with Gasteiger partial charge >= 0.3 is 12.4 Å². The van der Waals surface area contributed by atoms with Gasteiger partial charge in [-0.05, 0) is 24.3 Å². The van der Waals surface area contributed by atoms with E-state index in [9.17, 15) is 35.1 Å². The molecule has 6 nitrogen and oxygen atoms in total. The van der Waals surface area contributed by atoms with Crippen LogP contribution < -0.4 is 0 Å². The first-order valence-electron chi connectivity index (χ1n) is 10.3. The summed E-state index contributed by atoms with van der Waals surface area (Å²) in [5.41, 5.74) is -3.87. The van der Waals surface area contributed by atoms with Gasteiger partial charge in [0.25, 0.3) is 0 Å². The molecule has 0 bridgehead atoms. The van der Waals surface area contributed by atoms with Gasteiger partial charge in [0, 0.05) is 11.6 Å². The van der Waals surface area contributed by atoms with E-state index in [-0.39, 0.29) is 41.3 Å². The Morgan fingerprint density at radius 3 is 2.19 bits per heavy atom. The summed E-state index contributed by atoms with van der Waals surface area (Å²) in [6, 6.07) is 5.65. The van der Waals surface area contributed by atoms with Gasteiger partial charge in [-0.15, -0.1) is 0 Å². The highest BCUT2D eigenvalue weighted by molar-refractivity contribution is 5.66. The fourth-order valence-corrected chi connectivity index (χ4v) is 3.62. The highest BCUT2D eigenvalue weighted by Crippen LogP contribution is 2.40. The third-order valence-corrected chi connectivity index (χ3v) is 5.31. The molecule has 0 N–H and O–H groups in total. The first kappa shape index (κ1) is 24.3. The molecular weight excluding hydrogens is 514 g/mol. The molecule has 0 saturated carbocycles. The maximum absolute atomic E-state index is 14.1. The molecule has 2 aliphatic rings. The predicted molar refractivity (Wildman–Crippen MR) is 111 cm³/mol. The van der Waals surface area contributed by atoms with Crippen molar-refractivity contribution >= 4 is 0 Å². The van der Waals surface area contributed by atoms with Crippen molar-refractivity contribution < 1.29 is 39.6 Å². The molecule has 14 heteroatoms. The highest BCUT2D eigenvalue weighted by Gasteiger charge is 2.39. The van der Waals surface area contributed by atoms with E-state index < -0.39 is 46.2 Å². The van der Waals surface area contributed by atoms with Crippen molar-refractivity contribution in [2.75, 3.05) is 0 Å². The number of imidazole rings is 1. The number of hydrogen-bond donors (Lipinski definition) is 0. The van der Waals surface area contributed by atoms with Crippen LogP contribution in [-0.2, 0) is 18.9 Å². The monoisotopic (exact) mass is 525 g/mol. The number of fused-ring (bicyclic) bond motifs is 1. The maximum atomic E-state index is 14.1. The van der Waals surface area contributed by atoms with Crippen LogP contribution in [0.25, 0.3) is 34.0 Å². The number of nitrogens with zero attached hydrogens (tertiary/aromatic N) is 5. The van der Waals surface area contributed by atoms with E-state index in [4.69, 9.17) is 4.52 Å². The van der Waals surface area contributed by atoms with Gasteiger partial charge in [0.05, 0.1) is 29.1 Å². The average Bonchev–Trinajstić information content (AvgIpc) is 3.44. The van der Waals surface area contributed by atoms with Gasteiger partial charge in [-0.2, -0.15) is 31.4 Å². The number of halogens is 8. The maximum Gasteiger partial charge on any atom is 0.417 e. The van der Waals surface area contributed by atoms with Gasteiger partial charge < -0.3 is 4.52 Å². The smallest absolute Gasteiger partial charge is 0.359 e. The van der Waals surface area contributed by atoms with Crippen molar-refractivity contribution in [3.05, 3.63) is 83.4 Å². The minimum Gasteiger partial charge on any atom is -0.359 e. The van der Waals surface area contributed by atoms with Crippen LogP contribution in [0.4, 0.5) is 35.1 Å². The number of hydrogen-bond acceptors (Lipinski definition) is 5. The molecule has 0 amide bonds. The van der Waals surface area contributed by atoms with Gasteiger partial charge in [-0.25, -0.2) is 18.7 Å². The Morgan fingerprint density at radius 1 is 0.811 bits per heavy atom. The molecule has 3 heterocycles. The predicted octanol–water partition coefficient (Wildman–Crippen LogP) is 6.46. The van der Waals surface area contributed by atoms with Crippen LogP contribution in [0, 0.1) is 11.6 Å². The Morgan fingerprint density at radius 2 is 1.51 bits per heavy atom. The van der Waals surface area contributed by atoms with Crippen molar-refractivity contribution in [3.8, 4) is 34.0 Å². The first-order chi connectivity index (χ1) is 17.4. The molecule has 2 aromatic carbocycles. The lowest BCUT2D eigenvalue weighted by Gasteiger charge is -2.14. The Balaban J connectivity index is 1.44. The van der Waals surface area contributed by atoms with Gasteiger partial charge in [0.1, 0.15) is 35.3 Å². The van der Waals surface area contributed by atoms with Crippen LogP contribution in [-0.4, -0.2) is 24.9 Å². The van der Waals surface area contributed by atoms with Gasteiger partial charge in [0.2, 0.25) is 0 Å². The number of rotatable bonds is 4. The summed E-state index contributed by atoms with van der Waals surface area (Å²) in [6.45, 7) is -0.152. The van der Waals surface area contributed by atoms with Crippen molar-refractivity contribution in [2.24, 2.45) is 0 Å². The zero-order valence-electron chi connectivity index (χ0n) is 18.1. The van der Waals surface area contributed by atoms with Crippen molar-refractivity contribution in [1.29, 1.82) is 0 Å². The number of benzene rings is 2. The average molecular weight is 525 g/mol. The van der Waals surface area contributed by atoms with E-state index in [1.165, 1.54) is 23.1 Å². The van der Waals surface area contributed by atoms with Gasteiger partial charge in [0.15, 0.2) is 11.6 Å². The summed E-state index contributed by atoms with van der Waals surface area (Å²) >= 11 is 0. The third kappa shape index (κ3) is 4.73. The highest BCUT2D eigenvalue weighted by atomic mass is 19.4. The fraction of sp³-hybridized carbons (Fsp3) is 0.130. The lowest BCUT2D eigenvalue weighted by Crippen LogP contribution is -2.12. The SMILES string of the molecule is Fc1cccc(F)c1-c1nc2cnn(Cc3cc(-c4ccc(C(F)(F)F)cc4C(F)(F)F)no3)cc-2n1. The molecule has 37 heavy (non-hydrogen) atoms. The zero-order valence-corrected chi connectivity index (χ0v) is 18.1. The molecular formula is C23H11F8N5O. The van der Waals surface area contributed by atoms with Crippen LogP contribution in [0.5, 0.6) is 0 Å². The standard InChI is InChI=1S/C23H11F8N5O/c24-15-2-1-3-16(25)20(15)21-33-18-8-32-36(10-19(18)34-21)9-12-7-17(35-37-12)13-5-4-11(22(26,27)28)6-14(13)23(29,30)31/h1-8,10H,9H2. The van der Waals surface area contributed by atoms with Crippen LogP contribution in [0.1, 0.15) is 16.9 Å². The van der Waals surface area contributed by atoms with Crippen molar-refractivity contribution in [3.63, 3.8) is 0 Å². The molecule has 0 unspecified atom stereocenters. The molecule has 1 aromatic heterocycles. The normalized spacial score (nSPS) is 12.4. The first-order valence-corrected chi connectivity index (χ1v) is 10.3. The molecule has 0 saturated heterocycles.